The Morgan fingerprint density at radius 3 is 2.29 bits per heavy atom. The lowest BCUT2D eigenvalue weighted by atomic mass is 10.1. The normalized spacial score (nSPS) is 18.6. The predicted octanol–water partition coefficient (Wildman–Crippen LogP) is 2.40. The van der Waals surface area contributed by atoms with Gasteiger partial charge >= 0.3 is 0 Å². The van der Waals surface area contributed by atoms with Crippen LogP contribution in [0.1, 0.15) is 53.4 Å². The summed E-state index contributed by atoms with van der Waals surface area (Å²) in [6, 6.07) is 0. The Morgan fingerprint density at radius 2 is 1.67 bits per heavy atom. The Labute approximate surface area is 150 Å². The van der Waals surface area contributed by atoms with Crippen LogP contribution in [0.5, 0.6) is 0 Å². The second kappa shape index (κ2) is 13.5. The molecule has 0 aliphatic carbocycles. The Morgan fingerprint density at radius 1 is 0.958 bits per heavy atom. The van der Waals surface area contributed by atoms with Crippen molar-refractivity contribution in [2.45, 2.75) is 53.4 Å². The molecule has 5 nitrogen and oxygen atoms in total. The quantitative estimate of drug-likeness (QED) is 0.345. The van der Waals surface area contributed by atoms with Crippen molar-refractivity contribution >= 4 is 5.96 Å². The van der Waals surface area contributed by atoms with E-state index in [1.807, 2.05) is 0 Å². The number of guanidine groups is 1. The number of rotatable bonds is 11. The van der Waals surface area contributed by atoms with E-state index in [0.717, 1.165) is 32.1 Å². The zero-order valence-electron chi connectivity index (χ0n) is 16.6. The molecule has 0 bridgehead atoms. The first-order chi connectivity index (χ1) is 11.7. The average Bonchev–Trinajstić information content (AvgIpc) is 2.60. The van der Waals surface area contributed by atoms with E-state index in [4.69, 9.17) is 4.99 Å². The van der Waals surface area contributed by atoms with Gasteiger partial charge in [0.1, 0.15) is 0 Å². The van der Waals surface area contributed by atoms with Gasteiger partial charge in [0, 0.05) is 52.4 Å². The average molecular weight is 340 g/mol. The van der Waals surface area contributed by atoms with Crippen LogP contribution < -0.4 is 10.6 Å². The van der Waals surface area contributed by atoms with E-state index in [9.17, 15) is 0 Å². The van der Waals surface area contributed by atoms with E-state index in [-0.39, 0.29) is 0 Å². The number of hydrogen-bond donors (Lipinski definition) is 2. The van der Waals surface area contributed by atoms with Gasteiger partial charge in [-0.1, -0.05) is 40.0 Å². The summed E-state index contributed by atoms with van der Waals surface area (Å²) in [5, 5.41) is 6.84. The standard InChI is InChI=1S/C19H41N5/c1-5-8-9-10-11-21-19(20-6-2)22-16-18(4)17-24-14-12-23(7-3)13-15-24/h18H,5-17H2,1-4H3,(H2,20,21,22). The molecule has 1 heterocycles. The number of unbranched alkanes of at least 4 members (excludes halogenated alkanes) is 3. The van der Waals surface area contributed by atoms with Crippen molar-refractivity contribution in [3.05, 3.63) is 0 Å². The fourth-order valence-corrected chi connectivity index (χ4v) is 3.13. The Hall–Kier alpha value is -0.810. The third-order valence-corrected chi connectivity index (χ3v) is 4.71. The molecular weight excluding hydrogens is 298 g/mol. The van der Waals surface area contributed by atoms with E-state index < -0.39 is 0 Å². The largest absolute Gasteiger partial charge is 0.357 e. The second-order valence-corrected chi connectivity index (χ2v) is 7.05. The third kappa shape index (κ3) is 9.48. The molecule has 24 heavy (non-hydrogen) atoms. The van der Waals surface area contributed by atoms with Crippen molar-refractivity contribution in [1.29, 1.82) is 0 Å². The molecule has 0 amide bonds. The Kier molecular flexibility index (Phi) is 11.9. The first kappa shape index (κ1) is 21.2. The minimum absolute atomic E-state index is 0.605. The maximum atomic E-state index is 4.79. The van der Waals surface area contributed by atoms with E-state index in [1.54, 1.807) is 0 Å². The highest BCUT2D eigenvalue weighted by Gasteiger charge is 2.17. The molecule has 1 aliphatic heterocycles. The molecule has 0 aromatic heterocycles. The molecule has 0 spiro atoms. The summed E-state index contributed by atoms with van der Waals surface area (Å²) in [4.78, 5) is 9.91. The fraction of sp³-hybridized carbons (Fsp3) is 0.947. The van der Waals surface area contributed by atoms with Gasteiger partial charge in [0.05, 0.1) is 0 Å². The molecule has 1 rings (SSSR count). The highest BCUT2D eigenvalue weighted by Crippen LogP contribution is 2.06. The number of nitrogens with one attached hydrogen (secondary N) is 2. The van der Waals surface area contributed by atoms with Crippen LogP contribution in [0.15, 0.2) is 4.99 Å². The summed E-state index contributed by atoms with van der Waals surface area (Å²) in [5.41, 5.74) is 0. The lowest BCUT2D eigenvalue weighted by Crippen LogP contribution is -2.47. The van der Waals surface area contributed by atoms with Gasteiger partial charge in [0.15, 0.2) is 5.96 Å². The minimum atomic E-state index is 0.605. The maximum absolute atomic E-state index is 4.79. The van der Waals surface area contributed by atoms with Gasteiger partial charge < -0.3 is 20.4 Å². The molecular formula is C19H41N5. The summed E-state index contributed by atoms with van der Waals surface area (Å²) in [6.07, 6.45) is 5.16. The summed E-state index contributed by atoms with van der Waals surface area (Å²) < 4.78 is 0. The molecule has 1 saturated heterocycles. The monoisotopic (exact) mass is 339 g/mol. The van der Waals surface area contributed by atoms with Crippen molar-refractivity contribution in [1.82, 2.24) is 20.4 Å². The summed E-state index contributed by atoms with van der Waals surface area (Å²) in [6.45, 7) is 19.0. The first-order valence-electron chi connectivity index (χ1n) is 10.2. The van der Waals surface area contributed by atoms with E-state index >= 15 is 0 Å². The van der Waals surface area contributed by atoms with Crippen LogP contribution in [0.3, 0.4) is 0 Å². The maximum Gasteiger partial charge on any atom is 0.191 e. The lowest BCUT2D eigenvalue weighted by molar-refractivity contribution is 0.125. The van der Waals surface area contributed by atoms with Gasteiger partial charge in [-0.2, -0.15) is 0 Å². The number of likely N-dealkylation sites (N-methyl/N-ethyl adjacent to an activating group) is 1. The highest BCUT2D eigenvalue weighted by molar-refractivity contribution is 5.79. The molecule has 5 heteroatoms. The van der Waals surface area contributed by atoms with Crippen LogP contribution in [0.2, 0.25) is 0 Å². The number of piperazine rings is 1. The topological polar surface area (TPSA) is 42.9 Å². The summed E-state index contributed by atoms with van der Waals surface area (Å²) >= 11 is 0. The Balaban J connectivity index is 2.25. The van der Waals surface area contributed by atoms with E-state index in [1.165, 1.54) is 58.4 Å². The molecule has 0 aromatic rings. The minimum Gasteiger partial charge on any atom is -0.357 e. The van der Waals surface area contributed by atoms with Crippen molar-refractivity contribution in [3.8, 4) is 0 Å². The van der Waals surface area contributed by atoms with Crippen molar-refractivity contribution in [2.75, 3.05) is 58.9 Å². The Bertz CT molecular complexity index is 324. The zero-order valence-corrected chi connectivity index (χ0v) is 16.6. The van der Waals surface area contributed by atoms with Gasteiger partial charge in [-0.25, -0.2) is 0 Å². The van der Waals surface area contributed by atoms with Crippen LogP contribution in [-0.2, 0) is 0 Å². The number of hydrogen-bond acceptors (Lipinski definition) is 3. The molecule has 0 saturated carbocycles. The summed E-state index contributed by atoms with van der Waals surface area (Å²) in [5.74, 6) is 1.59. The van der Waals surface area contributed by atoms with Gasteiger partial charge in [0.2, 0.25) is 0 Å². The summed E-state index contributed by atoms with van der Waals surface area (Å²) in [7, 11) is 0. The van der Waals surface area contributed by atoms with E-state index in [2.05, 4.69) is 48.1 Å². The highest BCUT2D eigenvalue weighted by atomic mass is 15.3. The number of aliphatic imine (C=N–C) groups is 1. The van der Waals surface area contributed by atoms with Crippen molar-refractivity contribution in [2.24, 2.45) is 10.9 Å². The van der Waals surface area contributed by atoms with E-state index in [0.29, 0.717) is 5.92 Å². The van der Waals surface area contributed by atoms with Crippen LogP contribution in [0.4, 0.5) is 0 Å². The molecule has 1 unspecified atom stereocenters. The van der Waals surface area contributed by atoms with Crippen LogP contribution >= 0.6 is 0 Å². The lowest BCUT2D eigenvalue weighted by Gasteiger charge is -2.35. The fourth-order valence-electron chi connectivity index (χ4n) is 3.13. The van der Waals surface area contributed by atoms with Gasteiger partial charge in [-0.3, -0.25) is 4.99 Å². The molecule has 0 radical (unpaired) electrons. The molecule has 1 atom stereocenters. The molecule has 1 aliphatic rings. The zero-order chi connectivity index (χ0) is 17.6. The van der Waals surface area contributed by atoms with Crippen LogP contribution in [-0.4, -0.2) is 74.7 Å². The van der Waals surface area contributed by atoms with Crippen LogP contribution in [0, 0.1) is 5.92 Å². The van der Waals surface area contributed by atoms with Gasteiger partial charge in [-0.15, -0.1) is 0 Å². The molecule has 1 fully saturated rings. The molecule has 0 aromatic carbocycles. The second-order valence-electron chi connectivity index (χ2n) is 7.05. The smallest absolute Gasteiger partial charge is 0.191 e. The number of nitrogens with zero attached hydrogens (tertiary/aromatic N) is 3. The van der Waals surface area contributed by atoms with Gasteiger partial charge in [-0.05, 0) is 25.8 Å². The van der Waals surface area contributed by atoms with Crippen LogP contribution in [0.25, 0.3) is 0 Å². The predicted molar refractivity (Wildman–Crippen MR) is 106 cm³/mol. The molecule has 142 valence electrons. The van der Waals surface area contributed by atoms with Crippen molar-refractivity contribution in [3.63, 3.8) is 0 Å². The SMILES string of the molecule is CCCCCCNC(=NCC(C)CN1CCN(CC)CC1)NCC. The first-order valence-corrected chi connectivity index (χ1v) is 10.2. The third-order valence-electron chi connectivity index (χ3n) is 4.71. The molecule has 2 N–H and O–H groups in total. The van der Waals surface area contributed by atoms with Gasteiger partial charge in [0.25, 0.3) is 0 Å². The van der Waals surface area contributed by atoms with Crippen molar-refractivity contribution < 1.29 is 0 Å².